The first-order valence-electron chi connectivity index (χ1n) is 7.96. The van der Waals surface area contributed by atoms with E-state index in [1.807, 2.05) is 7.05 Å². The summed E-state index contributed by atoms with van der Waals surface area (Å²) in [6, 6.07) is 0.0729. The van der Waals surface area contributed by atoms with Gasteiger partial charge in [0.25, 0.3) is 10.2 Å². The summed E-state index contributed by atoms with van der Waals surface area (Å²) in [6.45, 7) is 5.43. The highest BCUT2D eigenvalue weighted by Gasteiger charge is 2.34. The van der Waals surface area contributed by atoms with E-state index in [2.05, 4.69) is 17.0 Å². The van der Waals surface area contributed by atoms with Crippen LogP contribution in [0.5, 0.6) is 0 Å². The molecule has 0 aromatic heterocycles. The molecule has 2 rings (SSSR count). The molecule has 2 aliphatic rings. The van der Waals surface area contributed by atoms with E-state index in [0.717, 1.165) is 45.3 Å². The fraction of sp³-hybridized carbons (Fsp3) is 1.00. The van der Waals surface area contributed by atoms with E-state index < -0.39 is 10.2 Å². The molecule has 0 aromatic carbocycles. The summed E-state index contributed by atoms with van der Waals surface area (Å²) in [6.07, 6.45) is 4.82. The summed E-state index contributed by atoms with van der Waals surface area (Å²) in [7, 11) is -1.52. The van der Waals surface area contributed by atoms with Crippen molar-refractivity contribution in [3.8, 4) is 0 Å². The van der Waals surface area contributed by atoms with Crippen LogP contribution in [0, 0.1) is 5.41 Å². The van der Waals surface area contributed by atoms with Gasteiger partial charge in [-0.3, -0.25) is 0 Å². The number of likely N-dealkylation sites (N-methyl/N-ethyl adjacent to an activating group) is 1. The van der Waals surface area contributed by atoms with Gasteiger partial charge < -0.3 is 10.1 Å². The van der Waals surface area contributed by atoms with Gasteiger partial charge in [0, 0.05) is 38.9 Å². The molecule has 7 heteroatoms. The predicted octanol–water partition coefficient (Wildman–Crippen LogP) is 0.711. The van der Waals surface area contributed by atoms with Crippen molar-refractivity contribution in [2.75, 3.05) is 39.9 Å². The Kier molecular flexibility index (Phi) is 6.02. The molecule has 21 heavy (non-hydrogen) atoms. The second-order valence-electron chi connectivity index (χ2n) is 6.57. The highest BCUT2D eigenvalue weighted by Crippen LogP contribution is 2.29. The smallest absolute Gasteiger partial charge is 0.279 e. The fourth-order valence-corrected chi connectivity index (χ4v) is 4.76. The standard InChI is InChI=1S/C14H29N3O3S/c1-14(6-9-20-10-7-14)12-16-21(18,19)17-8-4-3-5-13(17)11-15-2/h13,15-16H,3-12H2,1-2H3. The molecule has 124 valence electrons. The molecule has 2 saturated heterocycles. The Morgan fingerprint density at radius 3 is 2.67 bits per heavy atom. The van der Waals surface area contributed by atoms with Crippen molar-refractivity contribution < 1.29 is 13.2 Å². The molecule has 0 aliphatic carbocycles. The molecule has 0 amide bonds. The Morgan fingerprint density at radius 1 is 1.29 bits per heavy atom. The lowest BCUT2D eigenvalue weighted by molar-refractivity contribution is 0.0262. The van der Waals surface area contributed by atoms with Crippen LogP contribution < -0.4 is 10.0 Å². The third-order valence-electron chi connectivity index (χ3n) is 4.70. The van der Waals surface area contributed by atoms with E-state index in [9.17, 15) is 8.42 Å². The van der Waals surface area contributed by atoms with Crippen LogP contribution in [0.1, 0.15) is 39.0 Å². The van der Waals surface area contributed by atoms with Gasteiger partial charge >= 0.3 is 0 Å². The SMILES string of the molecule is CNCC1CCCCN1S(=O)(=O)NCC1(C)CCOCC1. The summed E-state index contributed by atoms with van der Waals surface area (Å²) in [5.74, 6) is 0. The zero-order chi connectivity index (χ0) is 15.3. The Hall–Kier alpha value is -0.210. The molecule has 0 saturated carbocycles. The van der Waals surface area contributed by atoms with E-state index in [1.165, 1.54) is 0 Å². The topological polar surface area (TPSA) is 70.7 Å². The molecule has 2 fully saturated rings. The molecular weight excluding hydrogens is 290 g/mol. The lowest BCUT2D eigenvalue weighted by Crippen LogP contribution is -2.53. The van der Waals surface area contributed by atoms with Gasteiger partial charge in [-0.2, -0.15) is 12.7 Å². The lowest BCUT2D eigenvalue weighted by Gasteiger charge is -2.37. The van der Waals surface area contributed by atoms with Gasteiger partial charge in [-0.1, -0.05) is 13.3 Å². The number of hydrogen-bond acceptors (Lipinski definition) is 4. The molecule has 2 N–H and O–H groups in total. The van der Waals surface area contributed by atoms with Crippen LogP contribution in [-0.2, 0) is 14.9 Å². The largest absolute Gasteiger partial charge is 0.381 e. The summed E-state index contributed by atoms with van der Waals surface area (Å²) >= 11 is 0. The third-order valence-corrected chi connectivity index (χ3v) is 6.31. The first kappa shape index (κ1) is 17.1. The van der Waals surface area contributed by atoms with Crippen LogP contribution in [0.25, 0.3) is 0 Å². The molecule has 2 aliphatic heterocycles. The van der Waals surface area contributed by atoms with Crippen molar-refractivity contribution in [3.05, 3.63) is 0 Å². The molecule has 6 nitrogen and oxygen atoms in total. The minimum absolute atomic E-state index is 0.0135. The number of nitrogens with one attached hydrogen (secondary N) is 2. The number of ether oxygens (including phenoxy) is 1. The molecule has 0 aromatic rings. The number of rotatable bonds is 6. The second kappa shape index (κ2) is 7.37. The average Bonchev–Trinajstić information content (AvgIpc) is 2.47. The van der Waals surface area contributed by atoms with E-state index in [0.29, 0.717) is 19.6 Å². The second-order valence-corrected chi connectivity index (χ2v) is 8.28. The van der Waals surface area contributed by atoms with Gasteiger partial charge in [-0.05, 0) is 38.1 Å². The quantitative estimate of drug-likeness (QED) is 0.756. The highest BCUT2D eigenvalue weighted by atomic mass is 32.2. The van der Waals surface area contributed by atoms with Crippen molar-refractivity contribution in [1.29, 1.82) is 0 Å². The van der Waals surface area contributed by atoms with Gasteiger partial charge in [-0.15, -0.1) is 0 Å². The van der Waals surface area contributed by atoms with Crippen LogP contribution in [0.4, 0.5) is 0 Å². The highest BCUT2D eigenvalue weighted by molar-refractivity contribution is 7.87. The van der Waals surface area contributed by atoms with E-state index in [4.69, 9.17) is 4.74 Å². The maximum absolute atomic E-state index is 12.6. The Balaban J connectivity index is 1.96. The van der Waals surface area contributed by atoms with Crippen molar-refractivity contribution >= 4 is 10.2 Å². The third kappa shape index (κ3) is 4.63. The normalized spacial score (nSPS) is 27.6. The van der Waals surface area contributed by atoms with Crippen LogP contribution >= 0.6 is 0 Å². The molecule has 2 heterocycles. The maximum Gasteiger partial charge on any atom is 0.279 e. The lowest BCUT2D eigenvalue weighted by atomic mass is 9.83. The average molecular weight is 319 g/mol. The van der Waals surface area contributed by atoms with E-state index >= 15 is 0 Å². The molecule has 0 bridgehead atoms. The van der Waals surface area contributed by atoms with Gasteiger partial charge in [0.2, 0.25) is 0 Å². The molecular formula is C14H29N3O3S. The Labute approximate surface area is 128 Å². The molecule has 0 radical (unpaired) electrons. The van der Waals surface area contributed by atoms with Crippen LogP contribution in [-0.4, -0.2) is 58.7 Å². The van der Waals surface area contributed by atoms with Crippen molar-refractivity contribution in [1.82, 2.24) is 14.3 Å². The Morgan fingerprint density at radius 2 is 2.00 bits per heavy atom. The van der Waals surface area contributed by atoms with Crippen LogP contribution in [0.15, 0.2) is 0 Å². The summed E-state index contributed by atoms with van der Waals surface area (Å²) in [4.78, 5) is 0. The zero-order valence-electron chi connectivity index (χ0n) is 13.2. The summed E-state index contributed by atoms with van der Waals surface area (Å²) < 4.78 is 35.1. The zero-order valence-corrected chi connectivity index (χ0v) is 14.0. The summed E-state index contributed by atoms with van der Waals surface area (Å²) in [5, 5.41) is 3.10. The molecule has 1 unspecified atom stereocenters. The Bertz CT molecular complexity index is 419. The van der Waals surface area contributed by atoms with Crippen LogP contribution in [0.2, 0.25) is 0 Å². The minimum Gasteiger partial charge on any atom is -0.381 e. The van der Waals surface area contributed by atoms with E-state index in [1.54, 1.807) is 4.31 Å². The molecule has 0 spiro atoms. The van der Waals surface area contributed by atoms with Crippen molar-refractivity contribution in [2.24, 2.45) is 5.41 Å². The predicted molar refractivity (Wildman–Crippen MR) is 83.4 cm³/mol. The van der Waals surface area contributed by atoms with E-state index in [-0.39, 0.29) is 11.5 Å². The first-order valence-corrected chi connectivity index (χ1v) is 9.40. The van der Waals surface area contributed by atoms with Gasteiger partial charge in [0.15, 0.2) is 0 Å². The minimum atomic E-state index is -3.39. The van der Waals surface area contributed by atoms with Gasteiger partial charge in [-0.25, -0.2) is 4.72 Å². The fourth-order valence-electron chi connectivity index (χ4n) is 3.12. The number of nitrogens with zero attached hydrogens (tertiary/aromatic N) is 1. The first-order chi connectivity index (χ1) is 9.97. The van der Waals surface area contributed by atoms with Gasteiger partial charge in [0.1, 0.15) is 0 Å². The number of hydrogen-bond donors (Lipinski definition) is 2. The number of piperidine rings is 1. The van der Waals surface area contributed by atoms with Crippen LogP contribution in [0.3, 0.4) is 0 Å². The monoisotopic (exact) mass is 319 g/mol. The summed E-state index contributed by atoms with van der Waals surface area (Å²) in [5.41, 5.74) is 0.0135. The van der Waals surface area contributed by atoms with Crippen molar-refractivity contribution in [3.63, 3.8) is 0 Å². The molecule has 1 atom stereocenters. The van der Waals surface area contributed by atoms with Crippen molar-refractivity contribution in [2.45, 2.75) is 45.1 Å². The maximum atomic E-state index is 12.6. The van der Waals surface area contributed by atoms with Gasteiger partial charge in [0.05, 0.1) is 0 Å².